The van der Waals surface area contributed by atoms with Crippen molar-refractivity contribution >= 4 is 29.4 Å². The first-order chi connectivity index (χ1) is 14.5. The highest BCUT2D eigenvalue weighted by molar-refractivity contribution is 6.30. The van der Waals surface area contributed by atoms with E-state index in [1.54, 1.807) is 80.8 Å². The fraction of sp³-hybridized carbons (Fsp3) is 0.0833. The lowest BCUT2D eigenvalue weighted by molar-refractivity contribution is 0.0733. The van der Waals surface area contributed by atoms with Gasteiger partial charge in [0.2, 0.25) is 5.78 Å². The van der Waals surface area contributed by atoms with Gasteiger partial charge in [-0.15, -0.1) is 0 Å². The van der Waals surface area contributed by atoms with E-state index < -0.39 is 5.97 Å². The van der Waals surface area contributed by atoms with Crippen molar-refractivity contribution in [1.82, 2.24) is 0 Å². The number of benzene rings is 3. The van der Waals surface area contributed by atoms with Crippen LogP contribution in [0.5, 0.6) is 17.2 Å². The van der Waals surface area contributed by atoms with E-state index in [9.17, 15) is 9.59 Å². The third-order valence-corrected chi connectivity index (χ3v) is 4.98. The highest BCUT2D eigenvalue weighted by atomic mass is 35.5. The summed E-state index contributed by atoms with van der Waals surface area (Å²) in [6, 6.07) is 16.9. The zero-order chi connectivity index (χ0) is 21.3. The minimum absolute atomic E-state index is 0.203. The first kappa shape index (κ1) is 19.7. The van der Waals surface area contributed by atoms with E-state index in [-0.39, 0.29) is 11.5 Å². The van der Waals surface area contributed by atoms with Gasteiger partial charge in [-0.05, 0) is 67.1 Å². The summed E-state index contributed by atoms with van der Waals surface area (Å²) in [6.07, 6.45) is 1.65. The molecule has 0 aromatic heterocycles. The van der Waals surface area contributed by atoms with Crippen LogP contribution in [-0.2, 0) is 0 Å². The van der Waals surface area contributed by atoms with Gasteiger partial charge in [-0.25, -0.2) is 4.79 Å². The second-order valence-electron chi connectivity index (χ2n) is 6.67. The second kappa shape index (κ2) is 8.05. The fourth-order valence-electron chi connectivity index (χ4n) is 3.07. The topological polar surface area (TPSA) is 61.8 Å². The molecule has 0 radical (unpaired) electrons. The lowest BCUT2D eigenvalue weighted by Gasteiger charge is -2.10. The minimum Gasteiger partial charge on any atom is -0.497 e. The Hall–Kier alpha value is -3.57. The molecule has 0 saturated heterocycles. The Labute approximate surface area is 178 Å². The van der Waals surface area contributed by atoms with Crippen LogP contribution in [0, 0.1) is 6.92 Å². The SMILES string of the molecule is COc1ccc(C(=O)Oc2ccc3c(c2C)O/C(=C\c2ccc(Cl)cc2)C3=O)cc1. The molecule has 4 rings (SSSR count). The van der Waals surface area contributed by atoms with Crippen LogP contribution < -0.4 is 14.2 Å². The average molecular weight is 421 g/mol. The maximum atomic E-state index is 12.7. The number of hydrogen-bond acceptors (Lipinski definition) is 5. The number of hydrogen-bond donors (Lipinski definition) is 0. The molecule has 1 heterocycles. The first-order valence-electron chi connectivity index (χ1n) is 9.16. The molecule has 1 aliphatic rings. The molecule has 5 nitrogen and oxygen atoms in total. The molecule has 1 aliphatic heterocycles. The lowest BCUT2D eigenvalue weighted by atomic mass is 10.1. The smallest absolute Gasteiger partial charge is 0.343 e. The number of fused-ring (bicyclic) bond motifs is 1. The molecule has 0 unspecified atom stereocenters. The number of rotatable bonds is 4. The first-order valence-corrected chi connectivity index (χ1v) is 9.53. The summed E-state index contributed by atoms with van der Waals surface area (Å²) in [5.41, 5.74) is 2.18. The molecular weight excluding hydrogens is 404 g/mol. The van der Waals surface area contributed by atoms with Gasteiger partial charge in [0.1, 0.15) is 17.2 Å². The Morgan fingerprint density at radius 2 is 1.70 bits per heavy atom. The van der Waals surface area contributed by atoms with Gasteiger partial charge in [0.05, 0.1) is 18.2 Å². The fourth-order valence-corrected chi connectivity index (χ4v) is 3.20. The predicted octanol–water partition coefficient (Wildman–Crippen LogP) is 5.49. The van der Waals surface area contributed by atoms with Crippen LogP contribution in [0.1, 0.15) is 31.8 Å². The van der Waals surface area contributed by atoms with E-state index in [0.29, 0.717) is 39.0 Å². The summed E-state index contributed by atoms with van der Waals surface area (Å²) in [4.78, 5) is 25.2. The molecule has 0 aliphatic carbocycles. The van der Waals surface area contributed by atoms with Gasteiger partial charge >= 0.3 is 5.97 Å². The summed E-state index contributed by atoms with van der Waals surface area (Å²) in [6.45, 7) is 1.74. The van der Waals surface area contributed by atoms with Gasteiger partial charge in [-0.3, -0.25) is 4.79 Å². The molecular formula is C24H17ClO5. The van der Waals surface area contributed by atoms with Crippen LogP contribution in [0.3, 0.4) is 0 Å². The van der Waals surface area contributed by atoms with E-state index in [1.165, 1.54) is 0 Å². The van der Waals surface area contributed by atoms with E-state index >= 15 is 0 Å². The normalized spacial score (nSPS) is 13.7. The van der Waals surface area contributed by atoms with Crippen LogP contribution in [0.15, 0.2) is 66.4 Å². The quantitative estimate of drug-likeness (QED) is 0.317. The van der Waals surface area contributed by atoms with Gasteiger partial charge in [-0.1, -0.05) is 23.7 Å². The van der Waals surface area contributed by atoms with Gasteiger partial charge < -0.3 is 14.2 Å². The summed E-state index contributed by atoms with van der Waals surface area (Å²) in [5, 5.41) is 0.610. The highest BCUT2D eigenvalue weighted by Gasteiger charge is 2.30. The van der Waals surface area contributed by atoms with Crippen molar-refractivity contribution in [3.8, 4) is 17.2 Å². The largest absolute Gasteiger partial charge is 0.497 e. The zero-order valence-electron chi connectivity index (χ0n) is 16.3. The van der Waals surface area contributed by atoms with Crippen LogP contribution in [0.4, 0.5) is 0 Å². The Morgan fingerprint density at radius 3 is 2.37 bits per heavy atom. The molecule has 0 bridgehead atoms. The summed E-state index contributed by atoms with van der Waals surface area (Å²) in [5.74, 6) is 0.828. The number of Topliss-reactive ketones (excluding diaryl/α,β-unsaturated/α-hetero) is 1. The number of esters is 1. The second-order valence-corrected chi connectivity index (χ2v) is 7.11. The molecule has 6 heteroatoms. The van der Waals surface area contributed by atoms with Crippen molar-refractivity contribution in [2.45, 2.75) is 6.92 Å². The number of halogens is 1. The number of carbonyl (C=O) groups is 2. The van der Waals surface area contributed by atoms with Crippen LogP contribution >= 0.6 is 11.6 Å². The maximum Gasteiger partial charge on any atom is 0.343 e. The van der Waals surface area contributed by atoms with Crippen molar-refractivity contribution in [2.75, 3.05) is 7.11 Å². The van der Waals surface area contributed by atoms with Gasteiger partial charge in [0, 0.05) is 10.6 Å². The number of methoxy groups -OCH3 is 1. The predicted molar refractivity (Wildman–Crippen MR) is 114 cm³/mol. The van der Waals surface area contributed by atoms with Crippen molar-refractivity contribution in [2.24, 2.45) is 0 Å². The lowest BCUT2D eigenvalue weighted by Crippen LogP contribution is -2.09. The Balaban J connectivity index is 1.58. The molecule has 30 heavy (non-hydrogen) atoms. The maximum absolute atomic E-state index is 12.7. The molecule has 3 aromatic carbocycles. The summed E-state index contributed by atoms with van der Waals surface area (Å²) >= 11 is 5.90. The van der Waals surface area contributed by atoms with Crippen molar-refractivity contribution in [3.05, 3.63) is 93.7 Å². The molecule has 0 spiro atoms. The van der Waals surface area contributed by atoms with E-state index in [4.69, 9.17) is 25.8 Å². The Bertz CT molecular complexity index is 1160. The Morgan fingerprint density at radius 1 is 1.00 bits per heavy atom. The summed E-state index contributed by atoms with van der Waals surface area (Å²) < 4.78 is 16.4. The zero-order valence-corrected chi connectivity index (χ0v) is 17.0. The highest BCUT2D eigenvalue weighted by Crippen LogP contribution is 2.39. The van der Waals surface area contributed by atoms with Crippen molar-refractivity contribution in [1.29, 1.82) is 0 Å². The Kier molecular flexibility index (Phi) is 5.29. The molecule has 0 atom stereocenters. The van der Waals surface area contributed by atoms with E-state index in [2.05, 4.69) is 0 Å². The average Bonchev–Trinajstić information content (AvgIpc) is 3.08. The molecule has 0 N–H and O–H groups in total. The minimum atomic E-state index is -0.512. The van der Waals surface area contributed by atoms with Crippen LogP contribution in [0.25, 0.3) is 6.08 Å². The van der Waals surface area contributed by atoms with Crippen molar-refractivity contribution in [3.63, 3.8) is 0 Å². The number of ketones is 1. The number of ether oxygens (including phenoxy) is 3. The molecule has 150 valence electrons. The number of allylic oxidation sites excluding steroid dienone is 1. The van der Waals surface area contributed by atoms with Crippen molar-refractivity contribution < 1.29 is 23.8 Å². The number of carbonyl (C=O) groups excluding carboxylic acids is 2. The monoisotopic (exact) mass is 420 g/mol. The third-order valence-electron chi connectivity index (χ3n) is 4.73. The molecule has 0 fully saturated rings. The summed E-state index contributed by atoms with van der Waals surface area (Å²) in [7, 11) is 1.55. The van der Waals surface area contributed by atoms with E-state index in [0.717, 1.165) is 5.56 Å². The van der Waals surface area contributed by atoms with Gasteiger partial charge in [0.15, 0.2) is 5.76 Å². The third kappa shape index (κ3) is 3.80. The van der Waals surface area contributed by atoms with E-state index in [1.807, 2.05) is 0 Å². The van der Waals surface area contributed by atoms with Gasteiger partial charge in [0.25, 0.3) is 0 Å². The molecule has 0 saturated carbocycles. The molecule has 3 aromatic rings. The van der Waals surface area contributed by atoms with Crippen LogP contribution in [0.2, 0.25) is 5.02 Å². The standard InChI is InChI=1S/C24H17ClO5/c1-14-20(30-24(27)16-5-9-18(28-2)10-6-16)12-11-19-22(26)21(29-23(14)19)13-15-3-7-17(25)8-4-15/h3-13H,1-2H3/b21-13-. The van der Waals surface area contributed by atoms with Crippen LogP contribution in [-0.4, -0.2) is 18.9 Å². The van der Waals surface area contributed by atoms with Gasteiger partial charge in [-0.2, -0.15) is 0 Å². The molecule has 0 amide bonds.